The zero-order valence-corrected chi connectivity index (χ0v) is 10.3. The van der Waals surface area contributed by atoms with E-state index < -0.39 is 11.9 Å². The first-order valence-electron chi connectivity index (χ1n) is 5.48. The topological polar surface area (TPSA) is 75.6 Å². The molecule has 0 saturated carbocycles. The van der Waals surface area contributed by atoms with Crippen LogP contribution in [0.15, 0.2) is 0 Å². The molecule has 0 fully saturated rings. The minimum absolute atomic E-state index is 0.100. The number of hydrogen-bond acceptors (Lipinski definition) is 3. The Morgan fingerprint density at radius 2 is 1.81 bits per heavy atom. The molecule has 0 saturated heterocycles. The number of nitrogens with one attached hydrogen (secondary N) is 1. The van der Waals surface area contributed by atoms with Crippen LogP contribution in [0.5, 0.6) is 0 Å². The van der Waals surface area contributed by atoms with Crippen molar-refractivity contribution in [2.24, 2.45) is 5.92 Å². The number of ether oxygens (including phenoxy) is 1. The van der Waals surface area contributed by atoms with Gasteiger partial charge >= 0.3 is 5.97 Å². The van der Waals surface area contributed by atoms with Gasteiger partial charge in [-0.05, 0) is 27.7 Å². The molecule has 0 aromatic heterocycles. The van der Waals surface area contributed by atoms with E-state index in [4.69, 9.17) is 9.84 Å². The van der Waals surface area contributed by atoms with Crippen LogP contribution in [0.3, 0.4) is 0 Å². The minimum atomic E-state index is -0.911. The molecule has 2 unspecified atom stereocenters. The monoisotopic (exact) mass is 231 g/mol. The third-order valence-electron chi connectivity index (χ3n) is 2.31. The Balaban J connectivity index is 3.82. The maximum Gasteiger partial charge on any atom is 0.308 e. The van der Waals surface area contributed by atoms with Crippen molar-refractivity contribution in [2.45, 2.75) is 46.3 Å². The molecule has 0 aliphatic carbocycles. The Morgan fingerprint density at radius 1 is 1.25 bits per heavy atom. The van der Waals surface area contributed by atoms with Crippen molar-refractivity contribution in [3.05, 3.63) is 0 Å². The minimum Gasteiger partial charge on any atom is -0.481 e. The lowest BCUT2D eigenvalue weighted by atomic mass is 10.0. The van der Waals surface area contributed by atoms with Crippen LogP contribution in [0, 0.1) is 5.92 Å². The summed E-state index contributed by atoms with van der Waals surface area (Å²) < 4.78 is 5.22. The van der Waals surface area contributed by atoms with E-state index in [9.17, 15) is 9.59 Å². The summed E-state index contributed by atoms with van der Waals surface area (Å²) in [5, 5.41) is 11.4. The highest BCUT2D eigenvalue weighted by atomic mass is 16.5. The van der Waals surface area contributed by atoms with Crippen molar-refractivity contribution < 1.29 is 19.4 Å². The normalized spacial score (nSPS) is 14.6. The van der Waals surface area contributed by atoms with Crippen LogP contribution >= 0.6 is 0 Å². The van der Waals surface area contributed by atoms with Crippen molar-refractivity contribution >= 4 is 11.9 Å². The van der Waals surface area contributed by atoms with Crippen LogP contribution in [0.25, 0.3) is 0 Å². The zero-order valence-electron chi connectivity index (χ0n) is 10.3. The van der Waals surface area contributed by atoms with Crippen molar-refractivity contribution in [1.82, 2.24) is 5.32 Å². The van der Waals surface area contributed by atoms with E-state index in [0.29, 0.717) is 6.61 Å². The molecule has 2 N–H and O–H groups in total. The van der Waals surface area contributed by atoms with Gasteiger partial charge in [0.1, 0.15) is 0 Å². The van der Waals surface area contributed by atoms with Gasteiger partial charge in [-0.15, -0.1) is 0 Å². The van der Waals surface area contributed by atoms with Crippen molar-refractivity contribution in [2.75, 3.05) is 6.61 Å². The molecular formula is C11H21NO4. The molecule has 0 radical (unpaired) electrons. The molecule has 5 nitrogen and oxygen atoms in total. The van der Waals surface area contributed by atoms with Crippen LogP contribution in [-0.2, 0) is 14.3 Å². The number of carbonyl (C=O) groups is 2. The highest BCUT2D eigenvalue weighted by molar-refractivity contribution is 5.78. The van der Waals surface area contributed by atoms with Gasteiger partial charge in [0.15, 0.2) is 0 Å². The standard InChI is InChI=1S/C11H21NO4/c1-7(2)16-6-5-10(13)12-9(4)8(3)11(14)15/h7-9H,5-6H2,1-4H3,(H,12,13)(H,14,15). The average molecular weight is 231 g/mol. The van der Waals surface area contributed by atoms with Crippen molar-refractivity contribution in [3.63, 3.8) is 0 Å². The van der Waals surface area contributed by atoms with Crippen LogP contribution in [-0.4, -0.2) is 35.7 Å². The van der Waals surface area contributed by atoms with Crippen LogP contribution in [0.1, 0.15) is 34.1 Å². The molecular weight excluding hydrogens is 210 g/mol. The molecule has 0 rings (SSSR count). The lowest BCUT2D eigenvalue weighted by molar-refractivity contribution is -0.142. The average Bonchev–Trinajstić information content (AvgIpc) is 2.15. The second kappa shape index (κ2) is 7.22. The molecule has 94 valence electrons. The number of amides is 1. The molecule has 16 heavy (non-hydrogen) atoms. The lowest BCUT2D eigenvalue weighted by Gasteiger charge is -2.17. The van der Waals surface area contributed by atoms with Gasteiger partial charge in [-0.25, -0.2) is 0 Å². The Kier molecular flexibility index (Phi) is 6.72. The quantitative estimate of drug-likeness (QED) is 0.686. The summed E-state index contributed by atoms with van der Waals surface area (Å²) in [4.78, 5) is 22.0. The van der Waals surface area contributed by atoms with E-state index in [0.717, 1.165) is 0 Å². The maximum atomic E-state index is 11.4. The third-order valence-corrected chi connectivity index (χ3v) is 2.31. The molecule has 0 bridgehead atoms. The van der Waals surface area contributed by atoms with E-state index in [1.165, 1.54) is 0 Å². The van der Waals surface area contributed by atoms with Gasteiger partial charge < -0.3 is 15.2 Å². The number of aliphatic carboxylic acids is 1. The summed E-state index contributed by atoms with van der Waals surface area (Å²) in [7, 11) is 0. The van der Waals surface area contributed by atoms with E-state index in [1.54, 1.807) is 13.8 Å². The summed E-state index contributed by atoms with van der Waals surface area (Å²) in [6.07, 6.45) is 0.359. The first kappa shape index (κ1) is 14.9. The fourth-order valence-electron chi connectivity index (χ4n) is 1.05. The molecule has 1 amide bonds. The van der Waals surface area contributed by atoms with E-state index >= 15 is 0 Å². The first-order valence-corrected chi connectivity index (χ1v) is 5.48. The Hall–Kier alpha value is -1.10. The second-order valence-corrected chi connectivity index (χ2v) is 4.15. The molecule has 0 aliphatic rings. The van der Waals surface area contributed by atoms with Gasteiger partial charge in [-0.1, -0.05) is 0 Å². The van der Waals surface area contributed by atoms with Crippen molar-refractivity contribution in [3.8, 4) is 0 Å². The first-order chi connectivity index (χ1) is 7.34. The highest BCUT2D eigenvalue weighted by Crippen LogP contribution is 2.02. The van der Waals surface area contributed by atoms with Crippen LogP contribution in [0.2, 0.25) is 0 Å². The fourth-order valence-corrected chi connectivity index (χ4v) is 1.05. The largest absolute Gasteiger partial charge is 0.481 e. The SMILES string of the molecule is CC(C)OCCC(=O)NC(C)C(C)C(=O)O. The second-order valence-electron chi connectivity index (χ2n) is 4.15. The Bertz CT molecular complexity index is 240. The van der Waals surface area contributed by atoms with Gasteiger partial charge in [0.25, 0.3) is 0 Å². The molecule has 0 spiro atoms. The molecule has 0 aliphatic heterocycles. The van der Waals surface area contributed by atoms with E-state index in [2.05, 4.69) is 5.32 Å². The number of rotatable bonds is 7. The van der Waals surface area contributed by atoms with E-state index in [-0.39, 0.29) is 24.5 Å². The molecule has 0 aromatic rings. The lowest BCUT2D eigenvalue weighted by Crippen LogP contribution is -2.40. The fraction of sp³-hybridized carbons (Fsp3) is 0.818. The maximum absolute atomic E-state index is 11.4. The van der Waals surface area contributed by atoms with Crippen LogP contribution in [0.4, 0.5) is 0 Å². The molecule has 0 aromatic carbocycles. The summed E-state index contributed by atoms with van der Waals surface area (Å²) >= 11 is 0. The molecule has 2 atom stereocenters. The third kappa shape index (κ3) is 6.40. The van der Waals surface area contributed by atoms with Gasteiger partial charge in [-0.3, -0.25) is 9.59 Å². The van der Waals surface area contributed by atoms with Crippen molar-refractivity contribution in [1.29, 1.82) is 0 Å². The number of carbonyl (C=O) groups excluding carboxylic acids is 1. The summed E-state index contributed by atoms with van der Waals surface area (Å²) in [6.45, 7) is 7.40. The Labute approximate surface area is 96.2 Å². The van der Waals surface area contributed by atoms with E-state index in [1.807, 2.05) is 13.8 Å². The highest BCUT2D eigenvalue weighted by Gasteiger charge is 2.20. The number of carboxylic acids is 1. The number of hydrogen-bond donors (Lipinski definition) is 2. The summed E-state index contributed by atoms with van der Waals surface area (Å²) in [5.41, 5.74) is 0. The summed E-state index contributed by atoms with van der Waals surface area (Å²) in [6, 6.07) is -0.371. The molecule has 5 heteroatoms. The predicted octanol–water partition coefficient (Wildman–Crippen LogP) is 1.03. The number of carboxylic acid groups (broad SMARTS) is 1. The van der Waals surface area contributed by atoms with Crippen LogP contribution < -0.4 is 5.32 Å². The molecule has 0 heterocycles. The summed E-state index contributed by atoms with van der Waals surface area (Å²) in [5.74, 6) is -1.68. The smallest absolute Gasteiger partial charge is 0.308 e. The predicted molar refractivity (Wildman–Crippen MR) is 60.1 cm³/mol. The van der Waals surface area contributed by atoms with Gasteiger partial charge in [0, 0.05) is 12.5 Å². The zero-order chi connectivity index (χ0) is 12.7. The van der Waals surface area contributed by atoms with Gasteiger partial charge in [0.2, 0.25) is 5.91 Å². The van der Waals surface area contributed by atoms with Gasteiger partial charge in [-0.2, -0.15) is 0 Å². The van der Waals surface area contributed by atoms with Gasteiger partial charge in [0.05, 0.1) is 18.6 Å². The Morgan fingerprint density at radius 3 is 2.25 bits per heavy atom.